The van der Waals surface area contributed by atoms with Crippen molar-refractivity contribution < 1.29 is 0 Å². The van der Waals surface area contributed by atoms with Crippen LogP contribution in [-0.4, -0.2) is 32.7 Å². The lowest BCUT2D eigenvalue weighted by atomic mass is 10.00. The Morgan fingerprint density at radius 3 is 2.55 bits per heavy atom. The Morgan fingerprint density at radius 1 is 1.20 bits per heavy atom. The summed E-state index contributed by atoms with van der Waals surface area (Å²) in [5.74, 6) is 3.02. The monoisotopic (exact) mass is 273 g/mol. The molecule has 1 fully saturated rings. The number of aryl methyl sites for hydroxylation is 1. The first kappa shape index (κ1) is 13.3. The van der Waals surface area contributed by atoms with Gasteiger partial charge in [-0.3, -0.25) is 0 Å². The van der Waals surface area contributed by atoms with Gasteiger partial charge in [0.15, 0.2) is 5.65 Å². The molecule has 0 saturated carbocycles. The lowest BCUT2D eigenvalue weighted by Crippen LogP contribution is -2.34. The maximum Gasteiger partial charge on any atom is 0.229 e. The van der Waals surface area contributed by atoms with Crippen molar-refractivity contribution in [1.82, 2.24) is 19.6 Å². The first-order valence-electron chi connectivity index (χ1n) is 7.53. The zero-order valence-corrected chi connectivity index (χ0v) is 12.8. The largest absolute Gasteiger partial charge is 0.341 e. The Morgan fingerprint density at radius 2 is 1.90 bits per heavy atom. The Bertz CT molecular complexity index is 608. The Hall–Kier alpha value is -1.65. The standard InChI is InChI=1S/C15H23N5/c1-10(2)13-9-16-20-12(4)17-15(18-14(13)20)19-7-5-11(3)6-8-19/h9-11H,5-8H2,1-4H3. The van der Waals surface area contributed by atoms with E-state index in [9.17, 15) is 0 Å². The van der Waals surface area contributed by atoms with Gasteiger partial charge >= 0.3 is 0 Å². The summed E-state index contributed by atoms with van der Waals surface area (Å²) in [5, 5.41) is 4.41. The molecule has 2 aromatic heterocycles. The molecule has 5 heteroatoms. The molecule has 20 heavy (non-hydrogen) atoms. The topological polar surface area (TPSA) is 46.3 Å². The highest BCUT2D eigenvalue weighted by molar-refractivity contribution is 5.52. The second kappa shape index (κ2) is 5.04. The van der Waals surface area contributed by atoms with Crippen LogP contribution in [0.1, 0.15) is 50.9 Å². The molecule has 3 heterocycles. The van der Waals surface area contributed by atoms with Gasteiger partial charge in [-0.1, -0.05) is 20.8 Å². The molecule has 0 unspecified atom stereocenters. The highest BCUT2D eigenvalue weighted by Crippen LogP contribution is 2.24. The molecular weight excluding hydrogens is 250 g/mol. The van der Waals surface area contributed by atoms with Crippen molar-refractivity contribution in [1.29, 1.82) is 0 Å². The molecule has 2 aromatic rings. The predicted molar refractivity (Wildman–Crippen MR) is 80.2 cm³/mol. The minimum absolute atomic E-state index is 0.427. The van der Waals surface area contributed by atoms with E-state index in [4.69, 9.17) is 4.98 Å². The number of aromatic nitrogens is 4. The van der Waals surface area contributed by atoms with Crippen molar-refractivity contribution in [2.75, 3.05) is 18.0 Å². The van der Waals surface area contributed by atoms with E-state index in [0.29, 0.717) is 5.92 Å². The van der Waals surface area contributed by atoms with E-state index in [1.54, 1.807) is 0 Å². The van der Waals surface area contributed by atoms with Crippen molar-refractivity contribution in [3.05, 3.63) is 17.6 Å². The third-order valence-electron chi connectivity index (χ3n) is 4.23. The number of hydrogen-bond acceptors (Lipinski definition) is 4. The van der Waals surface area contributed by atoms with Crippen molar-refractivity contribution in [3.63, 3.8) is 0 Å². The van der Waals surface area contributed by atoms with Crippen LogP contribution in [0.25, 0.3) is 5.65 Å². The molecule has 5 nitrogen and oxygen atoms in total. The fourth-order valence-electron chi connectivity index (χ4n) is 2.77. The van der Waals surface area contributed by atoms with Gasteiger partial charge in [-0.15, -0.1) is 0 Å². The molecule has 0 radical (unpaired) electrons. The maximum atomic E-state index is 4.78. The van der Waals surface area contributed by atoms with E-state index < -0.39 is 0 Å². The van der Waals surface area contributed by atoms with Crippen LogP contribution in [0, 0.1) is 12.8 Å². The van der Waals surface area contributed by atoms with Crippen LogP contribution in [0.3, 0.4) is 0 Å². The summed E-state index contributed by atoms with van der Waals surface area (Å²) < 4.78 is 1.85. The van der Waals surface area contributed by atoms with E-state index in [2.05, 4.69) is 35.8 Å². The predicted octanol–water partition coefficient (Wildman–Crippen LogP) is 2.79. The lowest BCUT2D eigenvalue weighted by molar-refractivity contribution is 0.434. The smallest absolute Gasteiger partial charge is 0.229 e. The van der Waals surface area contributed by atoms with Crippen LogP contribution in [0.5, 0.6) is 0 Å². The van der Waals surface area contributed by atoms with Crippen LogP contribution >= 0.6 is 0 Å². The summed E-state index contributed by atoms with van der Waals surface area (Å²) in [6.45, 7) is 10.8. The van der Waals surface area contributed by atoms with Gasteiger partial charge < -0.3 is 4.90 Å². The molecule has 0 aromatic carbocycles. The normalized spacial score (nSPS) is 17.4. The molecule has 1 saturated heterocycles. The van der Waals surface area contributed by atoms with Gasteiger partial charge in [0.2, 0.25) is 5.95 Å². The molecule has 0 spiro atoms. The van der Waals surface area contributed by atoms with Gasteiger partial charge in [-0.05, 0) is 31.6 Å². The van der Waals surface area contributed by atoms with Crippen LogP contribution in [0.15, 0.2) is 6.20 Å². The van der Waals surface area contributed by atoms with Gasteiger partial charge in [-0.25, -0.2) is 4.52 Å². The summed E-state index contributed by atoms with van der Waals surface area (Å²) in [6.07, 6.45) is 4.37. The Labute approximate surface area is 120 Å². The van der Waals surface area contributed by atoms with Gasteiger partial charge in [0.1, 0.15) is 5.82 Å². The van der Waals surface area contributed by atoms with Crippen LogP contribution in [0.4, 0.5) is 5.95 Å². The van der Waals surface area contributed by atoms with E-state index >= 15 is 0 Å². The van der Waals surface area contributed by atoms with Gasteiger partial charge in [0.05, 0.1) is 6.20 Å². The van der Waals surface area contributed by atoms with E-state index in [1.807, 2.05) is 17.6 Å². The van der Waals surface area contributed by atoms with Crippen LogP contribution in [-0.2, 0) is 0 Å². The average molecular weight is 273 g/mol. The summed E-state index contributed by atoms with van der Waals surface area (Å²) >= 11 is 0. The Balaban J connectivity index is 2.01. The van der Waals surface area contributed by atoms with Gasteiger partial charge in [0.25, 0.3) is 0 Å². The molecule has 3 rings (SSSR count). The molecule has 1 aliphatic rings. The van der Waals surface area contributed by atoms with Crippen molar-refractivity contribution in [2.24, 2.45) is 5.92 Å². The molecule has 0 bridgehead atoms. The first-order valence-corrected chi connectivity index (χ1v) is 7.53. The summed E-state index contributed by atoms with van der Waals surface area (Å²) in [6, 6.07) is 0. The summed E-state index contributed by atoms with van der Waals surface area (Å²) in [4.78, 5) is 11.7. The molecule has 1 aliphatic heterocycles. The second-order valence-corrected chi connectivity index (χ2v) is 6.23. The number of hydrogen-bond donors (Lipinski definition) is 0. The Kier molecular flexibility index (Phi) is 3.36. The fourth-order valence-corrected chi connectivity index (χ4v) is 2.77. The lowest BCUT2D eigenvalue weighted by Gasteiger charge is -2.30. The average Bonchev–Trinajstić information content (AvgIpc) is 2.84. The van der Waals surface area contributed by atoms with Crippen LogP contribution in [0.2, 0.25) is 0 Å². The highest BCUT2D eigenvalue weighted by atomic mass is 15.3. The summed E-state index contributed by atoms with van der Waals surface area (Å²) in [5.41, 5.74) is 2.16. The number of nitrogens with zero attached hydrogens (tertiary/aromatic N) is 5. The van der Waals surface area contributed by atoms with Crippen LogP contribution < -0.4 is 4.90 Å². The zero-order valence-electron chi connectivity index (χ0n) is 12.8. The number of piperidine rings is 1. The van der Waals surface area contributed by atoms with Gasteiger partial charge in [-0.2, -0.15) is 15.1 Å². The fraction of sp³-hybridized carbons (Fsp3) is 0.667. The maximum absolute atomic E-state index is 4.78. The zero-order chi connectivity index (χ0) is 14.3. The third-order valence-corrected chi connectivity index (χ3v) is 4.23. The molecule has 108 valence electrons. The molecular formula is C15H23N5. The molecule has 0 amide bonds. The quantitative estimate of drug-likeness (QED) is 0.844. The van der Waals surface area contributed by atoms with E-state index in [0.717, 1.165) is 36.4 Å². The minimum Gasteiger partial charge on any atom is -0.341 e. The van der Waals surface area contributed by atoms with Crippen molar-refractivity contribution >= 4 is 11.6 Å². The minimum atomic E-state index is 0.427. The number of rotatable bonds is 2. The summed E-state index contributed by atoms with van der Waals surface area (Å²) in [7, 11) is 0. The molecule has 0 aliphatic carbocycles. The number of fused-ring (bicyclic) bond motifs is 1. The first-order chi connectivity index (χ1) is 9.56. The number of anilines is 1. The van der Waals surface area contributed by atoms with Crippen molar-refractivity contribution in [3.8, 4) is 0 Å². The SMILES string of the molecule is Cc1nc(N2CCC(C)CC2)nc2c(C(C)C)cnn12. The second-order valence-electron chi connectivity index (χ2n) is 6.23. The highest BCUT2D eigenvalue weighted by Gasteiger charge is 2.20. The van der Waals surface area contributed by atoms with Crippen molar-refractivity contribution in [2.45, 2.75) is 46.5 Å². The molecule has 0 N–H and O–H groups in total. The van der Waals surface area contributed by atoms with E-state index in [-0.39, 0.29) is 0 Å². The third kappa shape index (κ3) is 2.25. The molecule has 0 atom stereocenters. The van der Waals surface area contributed by atoms with Gasteiger partial charge in [0, 0.05) is 18.7 Å². The van der Waals surface area contributed by atoms with E-state index in [1.165, 1.54) is 18.4 Å².